The van der Waals surface area contributed by atoms with Crippen LogP contribution in [0.3, 0.4) is 0 Å². The van der Waals surface area contributed by atoms with Crippen molar-refractivity contribution in [3.63, 3.8) is 0 Å². The van der Waals surface area contributed by atoms with Gasteiger partial charge in [0.1, 0.15) is 5.58 Å². The Balaban J connectivity index is 1.42. The fourth-order valence-electron chi connectivity index (χ4n) is 4.19. The summed E-state index contributed by atoms with van der Waals surface area (Å²) in [5.74, 6) is 0. The summed E-state index contributed by atoms with van der Waals surface area (Å²) in [6, 6.07) is 17.0. The Hall–Kier alpha value is -2.96. The first kappa shape index (κ1) is 18.1. The number of nitrogens with one attached hydrogen (secondary N) is 1. The van der Waals surface area contributed by atoms with E-state index in [4.69, 9.17) is 9.15 Å². The summed E-state index contributed by atoms with van der Waals surface area (Å²) in [5.41, 5.74) is 5.22. The molecule has 1 saturated heterocycles. The van der Waals surface area contributed by atoms with Crippen molar-refractivity contribution >= 4 is 11.0 Å². The molecule has 0 radical (unpaired) electrons. The molecule has 148 valence electrons. The molecule has 6 heteroatoms. The van der Waals surface area contributed by atoms with Gasteiger partial charge in [-0.2, -0.15) is 0 Å². The Labute approximate surface area is 169 Å². The number of fused-ring (bicyclic) bond motifs is 1. The Morgan fingerprint density at radius 2 is 2.10 bits per heavy atom. The molecule has 5 rings (SSSR count). The van der Waals surface area contributed by atoms with Gasteiger partial charge in [-0.25, -0.2) is 4.68 Å². The molecule has 2 aromatic heterocycles. The molecule has 0 aliphatic carbocycles. The van der Waals surface area contributed by atoms with E-state index in [2.05, 4.69) is 58.1 Å². The minimum Gasteiger partial charge on any atom is -0.464 e. The van der Waals surface area contributed by atoms with Crippen LogP contribution in [0.2, 0.25) is 0 Å². The molecule has 1 aliphatic heterocycles. The second-order valence-corrected chi connectivity index (χ2v) is 7.55. The van der Waals surface area contributed by atoms with E-state index in [1.165, 1.54) is 5.56 Å². The number of hydrogen-bond acceptors (Lipinski definition) is 5. The molecule has 0 bridgehead atoms. The topological polar surface area (TPSA) is 65.1 Å². The molecule has 0 unspecified atom stereocenters. The summed E-state index contributed by atoms with van der Waals surface area (Å²) in [7, 11) is 1.90. The third-order valence-electron chi connectivity index (χ3n) is 5.65. The van der Waals surface area contributed by atoms with Crippen molar-refractivity contribution in [2.24, 2.45) is 7.05 Å². The zero-order chi connectivity index (χ0) is 19.6. The predicted molar refractivity (Wildman–Crippen MR) is 111 cm³/mol. The molecule has 3 heterocycles. The summed E-state index contributed by atoms with van der Waals surface area (Å²) in [6.07, 6.45) is 5.79. The Morgan fingerprint density at radius 1 is 1.21 bits per heavy atom. The number of aryl methyl sites for hydroxylation is 1. The lowest BCUT2D eigenvalue weighted by molar-refractivity contribution is -0.00334. The highest BCUT2D eigenvalue weighted by atomic mass is 16.5. The van der Waals surface area contributed by atoms with Crippen molar-refractivity contribution in [3.05, 3.63) is 72.1 Å². The number of ether oxygens (including phenoxy) is 1. The van der Waals surface area contributed by atoms with Crippen molar-refractivity contribution in [1.29, 1.82) is 0 Å². The molecule has 1 N–H and O–H groups in total. The van der Waals surface area contributed by atoms with Crippen LogP contribution in [0, 0.1) is 0 Å². The second kappa shape index (κ2) is 7.81. The van der Waals surface area contributed by atoms with Crippen LogP contribution < -0.4 is 5.32 Å². The van der Waals surface area contributed by atoms with Gasteiger partial charge in [-0.1, -0.05) is 35.5 Å². The average Bonchev–Trinajstić information content (AvgIpc) is 3.41. The fourth-order valence-corrected chi connectivity index (χ4v) is 4.19. The lowest BCUT2D eigenvalue weighted by Gasteiger charge is -2.33. The number of piperidine rings is 1. The maximum absolute atomic E-state index is 6.46. The van der Waals surface area contributed by atoms with E-state index in [-0.39, 0.29) is 12.1 Å². The first-order valence-electron chi connectivity index (χ1n) is 10.0. The number of hydrogen-bond donors (Lipinski definition) is 1. The van der Waals surface area contributed by atoms with Crippen LogP contribution in [0.4, 0.5) is 0 Å². The molecular formula is C23H24N4O2. The molecule has 0 amide bonds. The zero-order valence-electron chi connectivity index (χ0n) is 16.4. The molecule has 0 spiro atoms. The predicted octanol–water partition coefficient (Wildman–Crippen LogP) is 4.24. The second-order valence-electron chi connectivity index (χ2n) is 7.55. The smallest absolute Gasteiger partial charge is 0.139 e. The Kier molecular flexibility index (Phi) is 4.87. The lowest BCUT2D eigenvalue weighted by atomic mass is 9.94. The standard InChI is InChI=1S/C23H24N4O2/c1-27-20(14-25-26-27)18-12-17-9-11-28-23(17)19(13-18)15-29-21-8-5-10-24-22(21)16-6-3-2-4-7-16/h2-4,6-7,9,11-14,21-22,24H,5,8,10,15H2,1H3/t21-,22-/m0/s1. The zero-order valence-corrected chi connectivity index (χ0v) is 16.4. The molecule has 4 aromatic rings. The van der Waals surface area contributed by atoms with Gasteiger partial charge in [0.25, 0.3) is 0 Å². The summed E-state index contributed by atoms with van der Waals surface area (Å²) >= 11 is 0. The van der Waals surface area contributed by atoms with E-state index in [0.29, 0.717) is 6.61 Å². The normalized spacial score (nSPS) is 19.6. The molecular weight excluding hydrogens is 364 g/mol. The van der Waals surface area contributed by atoms with Gasteiger partial charge in [0.2, 0.25) is 0 Å². The van der Waals surface area contributed by atoms with Crippen molar-refractivity contribution in [2.75, 3.05) is 6.54 Å². The molecule has 0 saturated carbocycles. The highest BCUT2D eigenvalue weighted by Crippen LogP contribution is 2.31. The van der Waals surface area contributed by atoms with Crippen LogP contribution in [0.5, 0.6) is 0 Å². The van der Waals surface area contributed by atoms with E-state index in [1.807, 2.05) is 13.1 Å². The highest BCUT2D eigenvalue weighted by Gasteiger charge is 2.27. The summed E-state index contributed by atoms with van der Waals surface area (Å²) in [6.45, 7) is 1.52. The number of aromatic nitrogens is 3. The molecule has 2 aromatic carbocycles. The molecule has 2 atom stereocenters. The quantitative estimate of drug-likeness (QED) is 0.554. The van der Waals surface area contributed by atoms with Crippen molar-refractivity contribution in [3.8, 4) is 11.3 Å². The van der Waals surface area contributed by atoms with E-state index in [1.54, 1.807) is 17.1 Å². The van der Waals surface area contributed by atoms with Gasteiger partial charge in [-0.15, -0.1) is 5.10 Å². The minimum absolute atomic E-state index is 0.123. The summed E-state index contributed by atoms with van der Waals surface area (Å²) in [4.78, 5) is 0. The lowest BCUT2D eigenvalue weighted by Crippen LogP contribution is -2.39. The van der Waals surface area contributed by atoms with Gasteiger partial charge in [0, 0.05) is 23.6 Å². The van der Waals surface area contributed by atoms with Crippen molar-refractivity contribution in [2.45, 2.75) is 31.6 Å². The first-order chi connectivity index (χ1) is 14.3. The number of nitrogens with zero attached hydrogens (tertiary/aromatic N) is 3. The van der Waals surface area contributed by atoms with E-state index in [9.17, 15) is 0 Å². The monoisotopic (exact) mass is 388 g/mol. The van der Waals surface area contributed by atoms with Crippen molar-refractivity contribution < 1.29 is 9.15 Å². The van der Waals surface area contributed by atoms with Crippen LogP contribution in [0.25, 0.3) is 22.2 Å². The Bertz CT molecular complexity index is 1100. The fraction of sp³-hybridized carbons (Fsp3) is 0.304. The van der Waals surface area contributed by atoms with Gasteiger partial charge in [0.15, 0.2) is 0 Å². The van der Waals surface area contributed by atoms with Crippen LogP contribution >= 0.6 is 0 Å². The Morgan fingerprint density at radius 3 is 2.93 bits per heavy atom. The maximum Gasteiger partial charge on any atom is 0.139 e. The highest BCUT2D eigenvalue weighted by molar-refractivity contribution is 5.85. The van der Waals surface area contributed by atoms with Gasteiger partial charge < -0.3 is 14.5 Å². The largest absolute Gasteiger partial charge is 0.464 e. The minimum atomic E-state index is 0.123. The van der Waals surface area contributed by atoms with E-state index >= 15 is 0 Å². The van der Waals surface area contributed by atoms with E-state index in [0.717, 1.165) is 47.2 Å². The number of benzene rings is 2. The third kappa shape index (κ3) is 3.57. The number of rotatable bonds is 5. The maximum atomic E-state index is 6.46. The molecule has 6 nitrogen and oxygen atoms in total. The van der Waals surface area contributed by atoms with Gasteiger partial charge >= 0.3 is 0 Å². The third-order valence-corrected chi connectivity index (χ3v) is 5.65. The van der Waals surface area contributed by atoms with Crippen LogP contribution in [-0.2, 0) is 18.4 Å². The van der Waals surface area contributed by atoms with Crippen molar-refractivity contribution in [1.82, 2.24) is 20.3 Å². The molecule has 29 heavy (non-hydrogen) atoms. The van der Waals surface area contributed by atoms with Gasteiger partial charge in [-0.3, -0.25) is 0 Å². The van der Waals surface area contributed by atoms with Crippen LogP contribution in [-0.4, -0.2) is 27.6 Å². The van der Waals surface area contributed by atoms with Crippen LogP contribution in [0.15, 0.2) is 65.4 Å². The SMILES string of the molecule is Cn1nncc1-c1cc(CO[C@H]2CCCN[C@H]2c2ccccc2)c2occc2c1. The van der Waals surface area contributed by atoms with Gasteiger partial charge in [-0.05, 0) is 43.1 Å². The van der Waals surface area contributed by atoms with Crippen LogP contribution in [0.1, 0.15) is 30.0 Å². The first-order valence-corrected chi connectivity index (χ1v) is 10.0. The molecule has 1 aliphatic rings. The van der Waals surface area contributed by atoms with E-state index < -0.39 is 0 Å². The average molecular weight is 388 g/mol. The van der Waals surface area contributed by atoms with Gasteiger partial charge in [0.05, 0.1) is 36.9 Å². The molecule has 1 fully saturated rings. The number of furan rings is 1. The summed E-state index contributed by atoms with van der Waals surface area (Å²) < 4.78 is 14.0. The summed E-state index contributed by atoms with van der Waals surface area (Å²) in [5, 5.41) is 12.8.